The maximum Gasteiger partial charge on any atom is 0.311 e. The van der Waals surface area contributed by atoms with Gasteiger partial charge in [0, 0.05) is 6.42 Å². The first-order chi connectivity index (χ1) is 16.2. The Hall–Kier alpha value is -3.50. The number of nitrogens with zero attached hydrogens (tertiary/aromatic N) is 1. The Bertz CT molecular complexity index is 1100. The van der Waals surface area contributed by atoms with Gasteiger partial charge in [0.15, 0.2) is 6.61 Å². The molecule has 1 aliphatic rings. The van der Waals surface area contributed by atoms with Gasteiger partial charge in [0.25, 0.3) is 11.8 Å². The summed E-state index contributed by atoms with van der Waals surface area (Å²) in [5, 5.41) is 3.92. The quantitative estimate of drug-likeness (QED) is 0.524. The van der Waals surface area contributed by atoms with E-state index in [1.165, 1.54) is 14.2 Å². The van der Waals surface area contributed by atoms with E-state index in [9.17, 15) is 19.2 Å². The van der Waals surface area contributed by atoms with Gasteiger partial charge < -0.3 is 19.5 Å². The molecule has 0 spiro atoms. The van der Waals surface area contributed by atoms with Crippen LogP contribution in [0.25, 0.3) is 0 Å². The van der Waals surface area contributed by atoms with Crippen molar-refractivity contribution in [1.29, 1.82) is 0 Å². The van der Waals surface area contributed by atoms with E-state index in [0.29, 0.717) is 0 Å². The molecule has 0 aliphatic carbocycles. The number of ether oxygens (including phenoxy) is 3. The number of carbonyl (C=O) groups excluding carboxylic acids is 4. The van der Waals surface area contributed by atoms with Crippen LogP contribution in [-0.2, 0) is 19.1 Å². The van der Waals surface area contributed by atoms with Crippen molar-refractivity contribution in [2.45, 2.75) is 6.42 Å². The lowest BCUT2D eigenvalue weighted by Crippen LogP contribution is -2.43. The van der Waals surface area contributed by atoms with Gasteiger partial charge >= 0.3 is 5.97 Å². The Morgan fingerprint density at radius 2 is 1.71 bits per heavy atom. The van der Waals surface area contributed by atoms with Gasteiger partial charge in [0.05, 0.1) is 42.4 Å². The summed E-state index contributed by atoms with van der Waals surface area (Å²) in [6.45, 7) is -0.709. The maximum atomic E-state index is 12.8. The van der Waals surface area contributed by atoms with E-state index in [1.54, 1.807) is 36.4 Å². The molecule has 0 bridgehead atoms. The molecule has 0 saturated carbocycles. The topological polar surface area (TPSA) is 123 Å². The van der Waals surface area contributed by atoms with Crippen molar-refractivity contribution in [1.82, 2.24) is 10.4 Å². The molecule has 1 atom stereocenters. The van der Waals surface area contributed by atoms with Gasteiger partial charge in [-0.1, -0.05) is 35.3 Å². The molecule has 1 saturated heterocycles. The van der Waals surface area contributed by atoms with Crippen molar-refractivity contribution >= 4 is 52.6 Å². The fourth-order valence-electron chi connectivity index (χ4n) is 3.27. The molecule has 180 valence electrons. The Labute approximate surface area is 205 Å². The van der Waals surface area contributed by atoms with Gasteiger partial charge in [0.1, 0.15) is 17.1 Å². The third-order valence-electron chi connectivity index (χ3n) is 4.92. The fourth-order valence-corrected chi connectivity index (χ4v) is 3.62. The van der Waals surface area contributed by atoms with E-state index in [-0.39, 0.29) is 45.8 Å². The standard InChI is InChI=1S/C22H21Cl2N3O7/c1-32-15-7-4-8-16(33-2)19(15)21(30)26-27-10-12(9-18(27)29)22(31)34-11-17(28)25-14-6-3-5-13(23)20(14)24/h3-8,12H,9-11H2,1-2H3,(H,25,28)(H,26,30)/t12-/m0/s1. The van der Waals surface area contributed by atoms with Gasteiger partial charge in [-0.15, -0.1) is 0 Å². The number of hydrogen-bond acceptors (Lipinski definition) is 7. The van der Waals surface area contributed by atoms with Crippen LogP contribution in [0.2, 0.25) is 10.0 Å². The third-order valence-corrected chi connectivity index (χ3v) is 5.74. The van der Waals surface area contributed by atoms with Crippen LogP contribution < -0.4 is 20.2 Å². The molecule has 2 aromatic rings. The number of rotatable bonds is 8. The van der Waals surface area contributed by atoms with E-state index in [0.717, 1.165) is 5.01 Å². The minimum atomic E-state index is -0.866. The van der Waals surface area contributed by atoms with Crippen LogP contribution in [0.5, 0.6) is 11.5 Å². The van der Waals surface area contributed by atoms with Crippen LogP contribution in [0.1, 0.15) is 16.8 Å². The van der Waals surface area contributed by atoms with Gasteiger partial charge in [-0.05, 0) is 24.3 Å². The average Bonchev–Trinajstić information content (AvgIpc) is 3.19. The number of carbonyl (C=O) groups is 4. The van der Waals surface area contributed by atoms with Crippen molar-refractivity contribution in [3.05, 3.63) is 52.0 Å². The van der Waals surface area contributed by atoms with E-state index in [4.69, 9.17) is 37.4 Å². The minimum Gasteiger partial charge on any atom is -0.496 e. The van der Waals surface area contributed by atoms with E-state index >= 15 is 0 Å². The summed E-state index contributed by atoms with van der Waals surface area (Å²) in [6, 6.07) is 9.50. The number of hydrogen-bond donors (Lipinski definition) is 2. The fraction of sp³-hybridized carbons (Fsp3) is 0.273. The van der Waals surface area contributed by atoms with Crippen LogP contribution in [-0.4, -0.2) is 56.1 Å². The summed E-state index contributed by atoms with van der Waals surface area (Å²) in [5.74, 6) is -2.87. The Morgan fingerprint density at radius 3 is 2.35 bits per heavy atom. The zero-order valence-corrected chi connectivity index (χ0v) is 19.7. The number of hydrazine groups is 1. The summed E-state index contributed by atoms with van der Waals surface area (Å²) >= 11 is 11.9. The lowest BCUT2D eigenvalue weighted by atomic mass is 10.1. The van der Waals surface area contributed by atoms with Crippen molar-refractivity contribution in [3.63, 3.8) is 0 Å². The molecular formula is C22H21Cl2N3O7. The minimum absolute atomic E-state index is 0.0997. The summed E-state index contributed by atoms with van der Waals surface area (Å²) in [6.07, 6.45) is -0.191. The highest BCUT2D eigenvalue weighted by molar-refractivity contribution is 6.44. The molecule has 0 unspecified atom stereocenters. The average molecular weight is 510 g/mol. The monoisotopic (exact) mass is 509 g/mol. The molecule has 0 radical (unpaired) electrons. The van der Waals surface area contributed by atoms with E-state index < -0.39 is 36.2 Å². The zero-order valence-electron chi connectivity index (χ0n) is 18.2. The summed E-state index contributed by atoms with van der Waals surface area (Å²) in [7, 11) is 2.80. The smallest absolute Gasteiger partial charge is 0.311 e. The van der Waals surface area contributed by atoms with Crippen molar-refractivity contribution in [2.75, 3.05) is 32.7 Å². The normalized spacial score (nSPS) is 15.0. The highest BCUT2D eigenvalue weighted by atomic mass is 35.5. The SMILES string of the molecule is COc1cccc(OC)c1C(=O)NN1C[C@@H](C(=O)OCC(=O)Nc2cccc(Cl)c2Cl)CC1=O. The van der Waals surface area contributed by atoms with Gasteiger partial charge in [-0.3, -0.25) is 29.6 Å². The predicted molar refractivity (Wildman–Crippen MR) is 123 cm³/mol. The Balaban J connectivity index is 1.56. The second kappa shape index (κ2) is 11.1. The lowest BCUT2D eigenvalue weighted by molar-refractivity contribution is -0.151. The molecule has 2 N–H and O–H groups in total. The predicted octanol–water partition coefficient (Wildman–Crippen LogP) is 2.69. The molecule has 1 aliphatic heterocycles. The van der Waals surface area contributed by atoms with Crippen molar-refractivity contribution in [3.8, 4) is 11.5 Å². The second-order valence-corrected chi connectivity index (χ2v) is 7.93. The number of amides is 3. The van der Waals surface area contributed by atoms with Gasteiger partial charge in [0.2, 0.25) is 5.91 Å². The summed E-state index contributed by atoms with van der Waals surface area (Å²) in [4.78, 5) is 49.6. The number of benzene rings is 2. The molecule has 12 heteroatoms. The van der Waals surface area contributed by atoms with E-state index in [2.05, 4.69) is 10.7 Å². The first-order valence-electron chi connectivity index (χ1n) is 9.98. The van der Waals surface area contributed by atoms with Gasteiger partial charge in [-0.2, -0.15) is 0 Å². The summed E-state index contributed by atoms with van der Waals surface area (Å²) < 4.78 is 15.4. The molecule has 2 aromatic carbocycles. The number of nitrogens with one attached hydrogen (secondary N) is 2. The van der Waals surface area contributed by atoms with Crippen LogP contribution >= 0.6 is 23.2 Å². The molecule has 3 amide bonds. The molecular weight excluding hydrogens is 489 g/mol. The molecule has 1 heterocycles. The van der Waals surface area contributed by atoms with Gasteiger partial charge in [-0.25, -0.2) is 0 Å². The first-order valence-corrected chi connectivity index (χ1v) is 10.7. The van der Waals surface area contributed by atoms with Crippen LogP contribution in [0.4, 0.5) is 5.69 Å². The second-order valence-electron chi connectivity index (χ2n) is 7.14. The maximum absolute atomic E-state index is 12.8. The molecule has 1 fully saturated rings. The Kier molecular flexibility index (Phi) is 8.19. The number of halogens is 2. The number of anilines is 1. The highest BCUT2D eigenvalue weighted by Gasteiger charge is 2.37. The van der Waals surface area contributed by atoms with Crippen molar-refractivity contribution < 1.29 is 33.4 Å². The molecule has 0 aromatic heterocycles. The lowest BCUT2D eigenvalue weighted by Gasteiger charge is -2.19. The van der Waals surface area contributed by atoms with Crippen LogP contribution in [0.3, 0.4) is 0 Å². The number of methoxy groups -OCH3 is 2. The largest absolute Gasteiger partial charge is 0.496 e. The van der Waals surface area contributed by atoms with Crippen molar-refractivity contribution in [2.24, 2.45) is 5.92 Å². The highest BCUT2D eigenvalue weighted by Crippen LogP contribution is 2.30. The third kappa shape index (κ3) is 5.70. The number of esters is 1. The Morgan fingerprint density at radius 1 is 1.06 bits per heavy atom. The molecule has 10 nitrogen and oxygen atoms in total. The van der Waals surface area contributed by atoms with Crippen LogP contribution in [0, 0.1) is 5.92 Å². The molecule has 3 rings (SSSR count). The molecule has 34 heavy (non-hydrogen) atoms. The first kappa shape index (κ1) is 25.1. The van der Waals surface area contributed by atoms with E-state index in [1.807, 2.05) is 0 Å². The zero-order chi connectivity index (χ0) is 24.8. The summed E-state index contributed by atoms with van der Waals surface area (Å²) in [5.41, 5.74) is 2.83. The van der Waals surface area contributed by atoms with Crippen LogP contribution in [0.15, 0.2) is 36.4 Å².